The molecule has 0 aliphatic carbocycles. The number of ether oxygens (including phenoxy) is 1. The average molecular weight is 353 g/mol. The van der Waals surface area contributed by atoms with Gasteiger partial charge in [0, 0.05) is 51.4 Å². The van der Waals surface area contributed by atoms with Crippen molar-refractivity contribution >= 4 is 11.6 Å². The van der Waals surface area contributed by atoms with E-state index in [9.17, 15) is 4.79 Å². The molecular weight excluding hydrogens is 326 g/mol. The van der Waals surface area contributed by atoms with Gasteiger partial charge in [0.2, 0.25) is 0 Å². The summed E-state index contributed by atoms with van der Waals surface area (Å²) in [6.07, 6.45) is 3.86. The lowest BCUT2D eigenvalue weighted by atomic mass is 10.1. The summed E-state index contributed by atoms with van der Waals surface area (Å²) < 4.78 is 5.76. The van der Waals surface area contributed by atoms with Gasteiger partial charge in [-0.05, 0) is 49.6 Å². The lowest BCUT2D eigenvalue weighted by Gasteiger charge is -2.26. The molecule has 1 fully saturated rings. The van der Waals surface area contributed by atoms with E-state index in [1.54, 1.807) is 6.20 Å². The van der Waals surface area contributed by atoms with E-state index in [1.807, 2.05) is 38.1 Å². The Balaban J connectivity index is 1.77. The number of amides is 1. The van der Waals surface area contributed by atoms with Crippen molar-refractivity contribution in [3.05, 3.63) is 59.4 Å². The quantitative estimate of drug-likeness (QED) is 0.799. The summed E-state index contributed by atoms with van der Waals surface area (Å²) >= 11 is 0. The van der Waals surface area contributed by atoms with Gasteiger partial charge in [-0.1, -0.05) is 12.1 Å². The summed E-state index contributed by atoms with van der Waals surface area (Å²) in [6, 6.07) is 12.1. The third-order valence-electron chi connectivity index (χ3n) is 4.72. The number of carbonyl (C=O) groups excluding carboxylic acids is 1. The highest BCUT2D eigenvalue weighted by molar-refractivity contribution is 5.93. The number of anilines is 1. The van der Waals surface area contributed by atoms with Gasteiger partial charge < -0.3 is 14.5 Å². The summed E-state index contributed by atoms with van der Waals surface area (Å²) in [5, 5.41) is 0. The molecule has 1 saturated heterocycles. The predicted octanol–water partition coefficient (Wildman–Crippen LogP) is 3.28. The van der Waals surface area contributed by atoms with E-state index in [-0.39, 0.29) is 12.0 Å². The van der Waals surface area contributed by atoms with Crippen molar-refractivity contribution in [1.82, 2.24) is 9.88 Å². The monoisotopic (exact) mass is 353 g/mol. The molecule has 3 rings (SSSR count). The van der Waals surface area contributed by atoms with Crippen LogP contribution in [0, 0.1) is 6.92 Å². The van der Waals surface area contributed by atoms with Crippen molar-refractivity contribution in [2.45, 2.75) is 32.4 Å². The topological polar surface area (TPSA) is 45.7 Å². The number of nitrogens with zero attached hydrogens (tertiary/aromatic N) is 3. The third-order valence-corrected chi connectivity index (χ3v) is 4.72. The first-order valence-corrected chi connectivity index (χ1v) is 9.13. The zero-order valence-electron chi connectivity index (χ0n) is 15.8. The molecule has 5 nitrogen and oxygen atoms in total. The standard InChI is InChI=1S/C21H27N3O2/c1-16-6-9-18(13-22-16)21(25)24(15-20-5-4-12-26-20)14-17-7-10-19(11-8-17)23(2)3/h6-11,13,20H,4-5,12,14-15H2,1-3H3. The number of hydrogen-bond donors (Lipinski definition) is 0. The highest BCUT2D eigenvalue weighted by Gasteiger charge is 2.24. The molecule has 0 N–H and O–H groups in total. The van der Waals surface area contributed by atoms with Crippen LogP contribution in [0.1, 0.15) is 34.5 Å². The molecule has 26 heavy (non-hydrogen) atoms. The van der Waals surface area contributed by atoms with Crippen LogP contribution in [0.4, 0.5) is 5.69 Å². The second kappa shape index (κ2) is 8.32. The van der Waals surface area contributed by atoms with Gasteiger partial charge in [-0.2, -0.15) is 0 Å². The molecule has 2 heterocycles. The predicted molar refractivity (Wildman–Crippen MR) is 103 cm³/mol. The minimum Gasteiger partial charge on any atom is -0.378 e. The molecule has 5 heteroatoms. The van der Waals surface area contributed by atoms with E-state index in [4.69, 9.17) is 4.74 Å². The second-order valence-electron chi connectivity index (χ2n) is 7.07. The van der Waals surface area contributed by atoms with E-state index < -0.39 is 0 Å². The Bertz CT molecular complexity index is 720. The molecule has 1 aromatic carbocycles. The van der Waals surface area contributed by atoms with Crippen molar-refractivity contribution in [2.75, 3.05) is 32.1 Å². The minimum absolute atomic E-state index is 0.00434. The molecule has 0 spiro atoms. The summed E-state index contributed by atoms with van der Waals surface area (Å²) in [4.78, 5) is 21.3. The lowest BCUT2D eigenvalue weighted by Crippen LogP contribution is -2.37. The van der Waals surface area contributed by atoms with Gasteiger partial charge in [0.25, 0.3) is 5.91 Å². The van der Waals surface area contributed by atoms with Gasteiger partial charge >= 0.3 is 0 Å². The van der Waals surface area contributed by atoms with Crippen LogP contribution in [0.5, 0.6) is 0 Å². The maximum absolute atomic E-state index is 13.0. The Morgan fingerprint density at radius 3 is 2.54 bits per heavy atom. The Labute approximate surface area is 155 Å². The second-order valence-corrected chi connectivity index (χ2v) is 7.07. The highest BCUT2D eigenvalue weighted by Crippen LogP contribution is 2.19. The van der Waals surface area contributed by atoms with Crippen LogP contribution in [-0.2, 0) is 11.3 Å². The molecule has 2 aromatic rings. The third kappa shape index (κ3) is 4.61. The SMILES string of the molecule is Cc1ccc(C(=O)N(Cc2ccc(N(C)C)cc2)CC2CCCO2)cn1. The first kappa shape index (κ1) is 18.4. The number of carbonyl (C=O) groups is 1. The molecule has 1 aliphatic heterocycles. The molecule has 1 aliphatic rings. The van der Waals surface area contributed by atoms with Crippen LogP contribution in [0.2, 0.25) is 0 Å². The first-order chi connectivity index (χ1) is 12.5. The van der Waals surface area contributed by atoms with Gasteiger partial charge in [-0.25, -0.2) is 0 Å². The summed E-state index contributed by atoms with van der Waals surface area (Å²) in [5.74, 6) is 0.00434. The van der Waals surface area contributed by atoms with Crippen molar-refractivity contribution in [1.29, 1.82) is 0 Å². The normalized spacial score (nSPS) is 16.5. The van der Waals surface area contributed by atoms with Gasteiger partial charge in [-0.3, -0.25) is 9.78 Å². The minimum atomic E-state index is 0.00434. The number of benzene rings is 1. The molecular formula is C21H27N3O2. The molecule has 138 valence electrons. The molecule has 0 bridgehead atoms. The number of pyridine rings is 1. The van der Waals surface area contributed by atoms with Crippen LogP contribution in [0.25, 0.3) is 0 Å². The van der Waals surface area contributed by atoms with Crippen molar-refractivity contribution in [3.8, 4) is 0 Å². The Morgan fingerprint density at radius 2 is 1.96 bits per heavy atom. The summed E-state index contributed by atoms with van der Waals surface area (Å²) in [6.45, 7) is 3.89. The van der Waals surface area contributed by atoms with E-state index in [2.05, 4.69) is 34.1 Å². The van der Waals surface area contributed by atoms with Gasteiger partial charge in [-0.15, -0.1) is 0 Å². The molecule has 1 unspecified atom stereocenters. The fourth-order valence-electron chi connectivity index (χ4n) is 3.15. The Hall–Kier alpha value is -2.40. The molecule has 1 atom stereocenters. The van der Waals surface area contributed by atoms with Gasteiger partial charge in [0.1, 0.15) is 0 Å². The van der Waals surface area contributed by atoms with Crippen LogP contribution in [0.15, 0.2) is 42.6 Å². The van der Waals surface area contributed by atoms with Gasteiger partial charge in [0.05, 0.1) is 11.7 Å². The molecule has 0 radical (unpaired) electrons. The number of hydrogen-bond acceptors (Lipinski definition) is 4. The molecule has 1 amide bonds. The average Bonchev–Trinajstić information content (AvgIpc) is 3.15. The van der Waals surface area contributed by atoms with Crippen molar-refractivity contribution in [3.63, 3.8) is 0 Å². The molecule has 0 saturated carbocycles. The maximum Gasteiger partial charge on any atom is 0.255 e. The van der Waals surface area contributed by atoms with Crippen LogP contribution < -0.4 is 4.90 Å². The molecule has 1 aromatic heterocycles. The maximum atomic E-state index is 13.0. The number of rotatable bonds is 6. The van der Waals surface area contributed by atoms with Crippen LogP contribution in [0.3, 0.4) is 0 Å². The van der Waals surface area contributed by atoms with Gasteiger partial charge in [0.15, 0.2) is 0 Å². The van der Waals surface area contributed by atoms with Crippen molar-refractivity contribution < 1.29 is 9.53 Å². The fraction of sp³-hybridized carbons (Fsp3) is 0.429. The van der Waals surface area contributed by atoms with E-state index in [1.165, 1.54) is 0 Å². The zero-order valence-corrected chi connectivity index (χ0v) is 15.8. The highest BCUT2D eigenvalue weighted by atomic mass is 16.5. The Morgan fingerprint density at radius 1 is 1.19 bits per heavy atom. The summed E-state index contributed by atoms with van der Waals surface area (Å²) in [5.41, 5.74) is 3.79. The first-order valence-electron chi connectivity index (χ1n) is 9.13. The fourth-order valence-corrected chi connectivity index (χ4v) is 3.15. The lowest BCUT2D eigenvalue weighted by molar-refractivity contribution is 0.0507. The van der Waals surface area contributed by atoms with E-state index in [0.717, 1.165) is 36.4 Å². The smallest absolute Gasteiger partial charge is 0.255 e. The zero-order chi connectivity index (χ0) is 18.5. The Kier molecular flexibility index (Phi) is 5.89. The van der Waals surface area contributed by atoms with E-state index in [0.29, 0.717) is 18.7 Å². The number of aromatic nitrogens is 1. The van der Waals surface area contributed by atoms with Crippen LogP contribution >= 0.6 is 0 Å². The summed E-state index contributed by atoms with van der Waals surface area (Å²) in [7, 11) is 4.04. The number of aryl methyl sites for hydroxylation is 1. The van der Waals surface area contributed by atoms with Crippen molar-refractivity contribution in [2.24, 2.45) is 0 Å². The van der Waals surface area contributed by atoms with Crippen LogP contribution in [-0.4, -0.2) is 49.1 Å². The van der Waals surface area contributed by atoms with E-state index >= 15 is 0 Å². The largest absolute Gasteiger partial charge is 0.378 e.